The van der Waals surface area contributed by atoms with Crippen LogP contribution in [-0.2, 0) is 13.2 Å². The van der Waals surface area contributed by atoms with Crippen molar-refractivity contribution in [3.63, 3.8) is 0 Å². The predicted octanol–water partition coefficient (Wildman–Crippen LogP) is 8.25. The van der Waals surface area contributed by atoms with E-state index in [2.05, 4.69) is 21.2 Å². The molecule has 0 radical (unpaired) electrons. The Bertz CT molecular complexity index is 924. The Hall–Kier alpha value is -1.10. The van der Waals surface area contributed by atoms with Gasteiger partial charge in [0, 0.05) is 47.9 Å². The summed E-state index contributed by atoms with van der Waals surface area (Å²) >= 11 is 28.0. The topological polar surface area (TPSA) is 21.3 Å². The minimum absolute atomic E-state index is 0.274. The first kappa shape index (κ1) is 20.6. The van der Waals surface area contributed by atoms with Crippen molar-refractivity contribution < 1.29 is 4.74 Å². The Balaban J connectivity index is 1.76. The molecule has 3 aromatic rings. The van der Waals surface area contributed by atoms with Crippen LogP contribution in [0.4, 0.5) is 5.69 Å². The van der Waals surface area contributed by atoms with Crippen molar-refractivity contribution in [3.8, 4) is 5.75 Å². The summed E-state index contributed by atoms with van der Waals surface area (Å²) in [6, 6.07) is 16.5. The summed E-state index contributed by atoms with van der Waals surface area (Å²) in [6.07, 6.45) is 0. The van der Waals surface area contributed by atoms with E-state index in [9.17, 15) is 0 Å². The maximum absolute atomic E-state index is 6.22. The lowest BCUT2D eigenvalue weighted by molar-refractivity contribution is 0.303. The smallest absolute Gasteiger partial charge is 0.124 e. The summed E-state index contributed by atoms with van der Waals surface area (Å²) in [6.45, 7) is 0.803. The molecule has 2 nitrogen and oxygen atoms in total. The van der Waals surface area contributed by atoms with E-state index in [1.165, 1.54) is 0 Å². The first-order valence-corrected chi connectivity index (χ1v) is 10.3. The molecule has 0 amide bonds. The number of benzene rings is 3. The lowest BCUT2D eigenvalue weighted by Crippen LogP contribution is -2.04. The van der Waals surface area contributed by atoms with Crippen LogP contribution in [0.25, 0.3) is 0 Å². The molecule has 7 heteroatoms. The van der Waals surface area contributed by atoms with Crippen molar-refractivity contribution in [1.29, 1.82) is 0 Å². The second-order valence-corrected chi connectivity index (χ2v) is 8.36. The molecule has 0 saturated heterocycles. The molecule has 0 atom stereocenters. The zero-order valence-corrected chi connectivity index (χ0v) is 18.5. The number of anilines is 1. The molecule has 3 rings (SSSR count). The minimum Gasteiger partial charge on any atom is -0.488 e. The number of nitrogens with one attached hydrogen (secondary N) is 1. The molecule has 27 heavy (non-hydrogen) atoms. The molecule has 0 fully saturated rings. The van der Waals surface area contributed by atoms with E-state index in [-0.39, 0.29) is 6.61 Å². The van der Waals surface area contributed by atoms with Gasteiger partial charge in [-0.15, -0.1) is 0 Å². The van der Waals surface area contributed by atoms with E-state index in [1.54, 1.807) is 24.3 Å². The molecule has 0 bridgehead atoms. The van der Waals surface area contributed by atoms with Crippen LogP contribution in [0.1, 0.15) is 11.1 Å². The van der Waals surface area contributed by atoms with Crippen LogP contribution in [0, 0.1) is 0 Å². The highest BCUT2D eigenvalue weighted by atomic mass is 79.9. The monoisotopic (exact) mass is 503 g/mol. The van der Waals surface area contributed by atoms with E-state index in [0.717, 1.165) is 27.0 Å². The zero-order chi connectivity index (χ0) is 19.4. The maximum Gasteiger partial charge on any atom is 0.124 e. The Morgan fingerprint density at radius 3 is 2.19 bits per heavy atom. The third-order valence-electron chi connectivity index (χ3n) is 3.80. The summed E-state index contributed by atoms with van der Waals surface area (Å²) in [5.41, 5.74) is 2.54. The Kier molecular flexibility index (Phi) is 7.18. The molecule has 0 unspecified atom stereocenters. The van der Waals surface area contributed by atoms with Crippen LogP contribution in [0.5, 0.6) is 5.75 Å². The summed E-state index contributed by atoms with van der Waals surface area (Å²) in [5.74, 6) is 0.731. The largest absolute Gasteiger partial charge is 0.488 e. The first-order valence-electron chi connectivity index (χ1n) is 7.96. The van der Waals surface area contributed by atoms with E-state index >= 15 is 0 Å². The molecular weight excluding hydrogens is 492 g/mol. The van der Waals surface area contributed by atoms with Gasteiger partial charge < -0.3 is 10.1 Å². The third-order valence-corrected chi connectivity index (χ3v) is 5.44. The van der Waals surface area contributed by atoms with Gasteiger partial charge in [0.2, 0.25) is 0 Å². The van der Waals surface area contributed by atoms with Crippen LogP contribution in [0.2, 0.25) is 20.1 Å². The molecular formula is C20H14BrCl4NO. The highest BCUT2D eigenvalue weighted by Crippen LogP contribution is 2.29. The van der Waals surface area contributed by atoms with Crippen LogP contribution >= 0.6 is 62.3 Å². The van der Waals surface area contributed by atoms with Crippen molar-refractivity contribution in [2.24, 2.45) is 0 Å². The Morgan fingerprint density at radius 1 is 0.852 bits per heavy atom. The van der Waals surface area contributed by atoms with E-state index in [0.29, 0.717) is 26.6 Å². The summed E-state index contributed by atoms with van der Waals surface area (Å²) < 4.78 is 6.94. The molecule has 0 aromatic heterocycles. The number of halogens is 5. The van der Waals surface area contributed by atoms with Gasteiger partial charge in [0.25, 0.3) is 0 Å². The van der Waals surface area contributed by atoms with Gasteiger partial charge in [-0.05, 0) is 48.5 Å². The van der Waals surface area contributed by atoms with Gasteiger partial charge in [-0.1, -0.05) is 68.4 Å². The van der Waals surface area contributed by atoms with Crippen molar-refractivity contribution >= 4 is 68.0 Å². The third kappa shape index (κ3) is 5.69. The fourth-order valence-corrected chi connectivity index (χ4v) is 3.94. The van der Waals surface area contributed by atoms with Gasteiger partial charge in [-0.2, -0.15) is 0 Å². The average Bonchev–Trinajstić information content (AvgIpc) is 2.60. The molecule has 3 aromatic carbocycles. The van der Waals surface area contributed by atoms with Crippen LogP contribution in [-0.4, -0.2) is 0 Å². The molecule has 0 saturated carbocycles. The SMILES string of the molecule is Clc1cc(Cl)cc(NCc2cc(Br)ccc2OCc2c(Cl)cccc2Cl)c1. The quantitative estimate of drug-likeness (QED) is 0.364. The van der Waals surface area contributed by atoms with Crippen molar-refractivity contribution in [1.82, 2.24) is 0 Å². The van der Waals surface area contributed by atoms with Gasteiger partial charge in [-0.25, -0.2) is 0 Å². The molecule has 0 aliphatic rings. The lowest BCUT2D eigenvalue weighted by atomic mass is 10.2. The molecule has 0 aliphatic heterocycles. The highest BCUT2D eigenvalue weighted by Gasteiger charge is 2.10. The molecule has 1 N–H and O–H groups in total. The van der Waals surface area contributed by atoms with Crippen molar-refractivity contribution in [2.75, 3.05) is 5.32 Å². The van der Waals surface area contributed by atoms with Crippen LogP contribution in [0.3, 0.4) is 0 Å². The Labute approximate surface area is 186 Å². The van der Waals surface area contributed by atoms with Gasteiger partial charge in [0.15, 0.2) is 0 Å². The first-order chi connectivity index (χ1) is 12.9. The van der Waals surface area contributed by atoms with E-state index < -0.39 is 0 Å². The number of ether oxygens (including phenoxy) is 1. The normalized spacial score (nSPS) is 10.7. The van der Waals surface area contributed by atoms with Gasteiger partial charge in [-0.3, -0.25) is 0 Å². The average molecular weight is 506 g/mol. The van der Waals surface area contributed by atoms with Gasteiger partial charge in [0.05, 0.1) is 0 Å². The molecule has 140 valence electrons. The predicted molar refractivity (Wildman–Crippen MR) is 119 cm³/mol. The summed E-state index contributed by atoms with van der Waals surface area (Å²) in [5, 5.41) is 5.61. The van der Waals surface area contributed by atoms with Crippen molar-refractivity contribution in [3.05, 3.63) is 90.3 Å². The van der Waals surface area contributed by atoms with Crippen LogP contribution in [0.15, 0.2) is 59.1 Å². The molecule has 0 heterocycles. The minimum atomic E-state index is 0.274. The van der Waals surface area contributed by atoms with Crippen molar-refractivity contribution in [2.45, 2.75) is 13.2 Å². The highest BCUT2D eigenvalue weighted by molar-refractivity contribution is 9.10. The summed E-state index contributed by atoms with van der Waals surface area (Å²) in [7, 11) is 0. The number of hydrogen-bond acceptors (Lipinski definition) is 2. The zero-order valence-electron chi connectivity index (χ0n) is 13.9. The number of hydrogen-bond donors (Lipinski definition) is 1. The second-order valence-electron chi connectivity index (χ2n) is 5.75. The van der Waals surface area contributed by atoms with Crippen LogP contribution < -0.4 is 10.1 Å². The van der Waals surface area contributed by atoms with Gasteiger partial charge in [0.1, 0.15) is 12.4 Å². The lowest BCUT2D eigenvalue weighted by Gasteiger charge is -2.15. The molecule has 0 aliphatic carbocycles. The fourth-order valence-electron chi connectivity index (χ4n) is 2.50. The van der Waals surface area contributed by atoms with E-state index in [1.807, 2.05) is 30.3 Å². The van der Waals surface area contributed by atoms with E-state index in [4.69, 9.17) is 51.1 Å². The number of rotatable bonds is 6. The molecule has 0 spiro atoms. The second kappa shape index (κ2) is 9.40. The van der Waals surface area contributed by atoms with Gasteiger partial charge >= 0.3 is 0 Å². The Morgan fingerprint density at radius 2 is 1.52 bits per heavy atom. The fraction of sp³-hybridized carbons (Fsp3) is 0.100. The standard InChI is InChI=1S/C20H14BrCl4NO/c21-13-4-5-20(27-11-17-18(24)2-1-3-19(17)25)12(6-13)10-26-16-8-14(22)7-15(23)9-16/h1-9,26H,10-11H2. The maximum atomic E-state index is 6.22. The summed E-state index contributed by atoms with van der Waals surface area (Å²) in [4.78, 5) is 0.